The highest BCUT2D eigenvalue weighted by Gasteiger charge is 2.45. The van der Waals surface area contributed by atoms with Crippen molar-refractivity contribution in [2.45, 2.75) is 58.0 Å². The second kappa shape index (κ2) is 4.66. The molecule has 2 aliphatic rings. The highest BCUT2D eigenvalue weighted by molar-refractivity contribution is 4.97. The van der Waals surface area contributed by atoms with Crippen molar-refractivity contribution in [2.75, 3.05) is 20.2 Å². The summed E-state index contributed by atoms with van der Waals surface area (Å²) in [5.41, 5.74) is 0.773. The van der Waals surface area contributed by atoms with Gasteiger partial charge >= 0.3 is 0 Å². The van der Waals surface area contributed by atoms with Crippen LogP contribution in [0.25, 0.3) is 0 Å². The quantitative estimate of drug-likeness (QED) is 0.794. The second-order valence-electron chi connectivity index (χ2n) is 6.42. The molecule has 0 aromatic heterocycles. The van der Waals surface area contributed by atoms with Gasteiger partial charge in [0.15, 0.2) is 0 Å². The minimum Gasteiger partial charge on any atom is -0.375 e. The highest BCUT2D eigenvalue weighted by atomic mass is 16.5. The largest absolute Gasteiger partial charge is 0.375 e. The average molecular weight is 225 g/mol. The van der Waals surface area contributed by atoms with Gasteiger partial charge in [0.2, 0.25) is 0 Å². The fourth-order valence-corrected chi connectivity index (χ4v) is 3.27. The predicted octanol–water partition coefficient (Wildman–Crippen LogP) is 2.97. The van der Waals surface area contributed by atoms with Crippen molar-refractivity contribution >= 4 is 0 Å². The van der Waals surface area contributed by atoms with Crippen LogP contribution in [-0.2, 0) is 4.74 Å². The maximum atomic E-state index is 6.02. The first-order valence-corrected chi connectivity index (χ1v) is 6.87. The van der Waals surface area contributed by atoms with Crippen molar-refractivity contribution in [1.82, 2.24) is 5.32 Å². The molecule has 0 aromatic rings. The van der Waals surface area contributed by atoms with E-state index in [1.54, 1.807) is 0 Å². The third kappa shape index (κ3) is 2.43. The summed E-state index contributed by atoms with van der Waals surface area (Å²) < 4.78 is 6.02. The Kier molecular flexibility index (Phi) is 3.60. The summed E-state index contributed by atoms with van der Waals surface area (Å²) >= 11 is 0. The normalized spacial score (nSPS) is 29.1. The van der Waals surface area contributed by atoms with E-state index in [2.05, 4.69) is 19.2 Å². The lowest BCUT2D eigenvalue weighted by molar-refractivity contribution is -0.157. The molecular formula is C14H27NO. The molecule has 94 valence electrons. The number of nitrogens with one attached hydrogen (secondary N) is 1. The Hall–Kier alpha value is -0.0800. The SMILES string of the molecule is CNCCC(C)(C)C1CCOC2(CCC2)C1. The maximum Gasteiger partial charge on any atom is 0.0685 e. The van der Waals surface area contributed by atoms with Gasteiger partial charge in [-0.1, -0.05) is 13.8 Å². The second-order valence-corrected chi connectivity index (χ2v) is 6.42. The van der Waals surface area contributed by atoms with E-state index >= 15 is 0 Å². The molecule has 1 saturated heterocycles. The standard InChI is InChI=1S/C14H27NO/c1-13(2,8-9-15-3)12-5-10-16-14(11-12)6-4-7-14/h12,15H,4-11H2,1-3H3. The first-order valence-electron chi connectivity index (χ1n) is 6.87. The van der Waals surface area contributed by atoms with Crippen molar-refractivity contribution < 1.29 is 4.74 Å². The van der Waals surface area contributed by atoms with Crippen LogP contribution in [0.1, 0.15) is 52.4 Å². The molecule has 1 unspecified atom stereocenters. The Balaban J connectivity index is 1.92. The lowest BCUT2D eigenvalue weighted by atomic mass is 9.64. The molecule has 0 aromatic carbocycles. The Morgan fingerprint density at radius 1 is 1.38 bits per heavy atom. The third-order valence-corrected chi connectivity index (χ3v) is 4.88. The molecule has 1 saturated carbocycles. The van der Waals surface area contributed by atoms with Gasteiger partial charge in [0, 0.05) is 6.61 Å². The van der Waals surface area contributed by atoms with Gasteiger partial charge in [0.05, 0.1) is 5.60 Å². The fourth-order valence-electron chi connectivity index (χ4n) is 3.27. The maximum absolute atomic E-state index is 6.02. The van der Waals surface area contributed by atoms with Gasteiger partial charge < -0.3 is 10.1 Å². The van der Waals surface area contributed by atoms with E-state index in [4.69, 9.17) is 4.74 Å². The molecule has 0 amide bonds. The van der Waals surface area contributed by atoms with Crippen LogP contribution in [0.3, 0.4) is 0 Å². The summed E-state index contributed by atoms with van der Waals surface area (Å²) in [7, 11) is 2.05. The van der Waals surface area contributed by atoms with Crippen molar-refractivity contribution in [1.29, 1.82) is 0 Å². The van der Waals surface area contributed by atoms with Gasteiger partial charge in [-0.25, -0.2) is 0 Å². The van der Waals surface area contributed by atoms with E-state index in [-0.39, 0.29) is 0 Å². The molecule has 1 aliphatic heterocycles. The molecule has 2 nitrogen and oxygen atoms in total. The van der Waals surface area contributed by atoms with Crippen molar-refractivity contribution in [3.05, 3.63) is 0 Å². The third-order valence-electron chi connectivity index (χ3n) is 4.88. The van der Waals surface area contributed by atoms with Gasteiger partial charge in [-0.2, -0.15) is 0 Å². The summed E-state index contributed by atoms with van der Waals surface area (Å²) in [6.45, 7) is 7.00. The topological polar surface area (TPSA) is 21.3 Å². The number of rotatable bonds is 4. The summed E-state index contributed by atoms with van der Waals surface area (Å²) in [5.74, 6) is 0.856. The van der Waals surface area contributed by atoms with Crippen LogP contribution < -0.4 is 5.32 Å². The van der Waals surface area contributed by atoms with Crippen molar-refractivity contribution in [3.8, 4) is 0 Å². The Bertz CT molecular complexity index is 233. The number of hydrogen-bond donors (Lipinski definition) is 1. The Morgan fingerprint density at radius 3 is 2.69 bits per heavy atom. The molecule has 0 bridgehead atoms. The fraction of sp³-hybridized carbons (Fsp3) is 1.00. The van der Waals surface area contributed by atoms with Gasteiger partial charge in [0.1, 0.15) is 0 Å². The molecule has 1 spiro atoms. The van der Waals surface area contributed by atoms with E-state index < -0.39 is 0 Å². The van der Waals surface area contributed by atoms with Gasteiger partial charge in [-0.05, 0) is 63.5 Å². The van der Waals surface area contributed by atoms with Crippen LogP contribution in [0.15, 0.2) is 0 Å². The van der Waals surface area contributed by atoms with Gasteiger partial charge in [-0.15, -0.1) is 0 Å². The van der Waals surface area contributed by atoms with E-state index in [0.717, 1.165) is 19.1 Å². The van der Waals surface area contributed by atoms with Crippen molar-refractivity contribution in [2.24, 2.45) is 11.3 Å². The van der Waals surface area contributed by atoms with Crippen LogP contribution in [0.4, 0.5) is 0 Å². The number of ether oxygens (including phenoxy) is 1. The van der Waals surface area contributed by atoms with Crippen LogP contribution in [0.5, 0.6) is 0 Å². The van der Waals surface area contributed by atoms with E-state index in [1.807, 2.05) is 7.05 Å². The lowest BCUT2D eigenvalue weighted by Gasteiger charge is -2.51. The minimum atomic E-state index is 0.305. The molecule has 1 heterocycles. The monoisotopic (exact) mass is 225 g/mol. The minimum absolute atomic E-state index is 0.305. The molecule has 1 N–H and O–H groups in total. The summed E-state index contributed by atoms with van der Waals surface area (Å²) in [4.78, 5) is 0. The highest BCUT2D eigenvalue weighted by Crippen LogP contribution is 2.49. The lowest BCUT2D eigenvalue weighted by Crippen LogP contribution is -2.48. The first kappa shape index (κ1) is 12.4. The average Bonchev–Trinajstić information content (AvgIpc) is 2.24. The summed E-state index contributed by atoms with van der Waals surface area (Å²) in [6, 6.07) is 0. The summed E-state index contributed by atoms with van der Waals surface area (Å²) in [6.07, 6.45) is 7.85. The summed E-state index contributed by atoms with van der Waals surface area (Å²) in [5, 5.41) is 3.28. The van der Waals surface area contributed by atoms with Gasteiger partial charge in [0.25, 0.3) is 0 Å². The molecule has 1 aliphatic carbocycles. The first-order chi connectivity index (χ1) is 7.58. The van der Waals surface area contributed by atoms with Gasteiger partial charge in [-0.3, -0.25) is 0 Å². The van der Waals surface area contributed by atoms with Crippen LogP contribution in [0.2, 0.25) is 0 Å². The van der Waals surface area contributed by atoms with Crippen LogP contribution >= 0.6 is 0 Å². The molecule has 0 radical (unpaired) electrons. The zero-order valence-corrected chi connectivity index (χ0v) is 11.1. The van der Waals surface area contributed by atoms with E-state index in [0.29, 0.717) is 11.0 Å². The smallest absolute Gasteiger partial charge is 0.0685 e. The zero-order valence-electron chi connectivity index (χ0n) is 11.1. The molecule has 2 rings (SSSR count). The zero-order chi connectivity index (χ0) is 11.6. The molecule has 16 heavy (non-hydrogen) atoms. The Labute approximate surface area is 100 Å². The molecule has 2 heteroatoms. The number of hydrogen-bond acceptors (Lipinski definition) is 2. The van der Waals surface area contributed by atoms with Crippen LogP contribution in [0, 0.1) is 11.3 Å². The predicted molar refractivity (Wildman–Crippen MR) is 67.6 cm³/mol. The molecule has 2 fully saturated rings. The van der Waals surface area contributed by atoms with Crippen LogP contribution in [-0.4, -0.2) is 25.8 Å². The Morgan fingerprint density at radius 2 is 2.12 bits per heavy atom. The van der Waals surface area contributed by atoms with E-state index in [9.17, 15) is 0 Å². The molecule has 1 atom stereocenters. The molecular weight excluding hydrogens is 198 g/mol. The van der Waals surface area contributed by atoms with E-state index in [1.165, 1.54) is 38.5 Å². The van der Waals surface area contributed by atoms with Crippen molar-refractivity contribution in [3.63, 3.8) is 0 Å².